The van der Waals surface area contributed by atoms with Gasteiger partial charge >= 0.3 is 0 Å². The molecule has 5 nitrogen and oxygen atoms in total. The van der Waals surface area contributed by atoms with Crippen molar-refractivity contribution in [1.29, 1.82) is 0 Å². The number of carbonyl (C=O) groups is 1. The molecule has 27 heavy (non-hydrogen) atoms. The summed E-state index contributed by atoms with van der Waals surface area (Å²) in [5.41, 5.74) is 1.06. The van der Waals surface area contributed by atoms with Gasteiger partial charge in [-0.25, -0.2) is 8.42 Å². The lowest BCUT2D eigenvalue weighted by Gasteiger charge is -2.17. The average molecular weight is 404 g/mol. The van der Waals surface area contributed by atoms with Crippen LogP contribution in [-0.2, 0) is 9.84 Å². The van der Waals surface area contributed by atoms with Crippen molar-refractivity contribution in [2.75, 3.05) is 6.54 Å². The number of carbonyl (C=O) groups excluding carboxylic acids is 1. The van der Waals surface area contributed by atoms with Crippen LogP contribution in [-0.4, -0.2) is 20.9 Å². The van der Waals surface area contributed by atoms with Crippen LogP contribution >= 0.6 is 11.3 Å². The van der Waals surface area contributed by atoms with Gasteiger partial charge in [-0.3, -0.25) is 4.79 Å². The summed E-state index contributed by atoms with van der Waals surface area (Å²) in [5.74, 6) is 0.314. The minimum atomic E-state index is -3.74. The van der Waals surface area contributed by atoms with Crippen LogP contribution in [0.1, 0.15) is 46.0 Å². The van der Waals surface area contributed by atoms with Gasteiger partial charge < -0.3 is 9.73 Å². The topological polar surface area (TPSA) is 76.4 Å². The smallest absolute Gasteiger partial charge is 0.261 e. The van der Waals surface area contributed by atoms with Gasteiger partial charge in [0.15, 0.2) is 9.84 Å². The molecule has 0 saturated heterocycles. The molecule has 1 atom stereocenters. The number of benzene rings is 1. The fourth-order valence-corrected chi connectivity index (χ4v) is 4.95. The lowest BCUT2D eigenvalue weighted by Crippen LogP contribution is -2.31. The first-order valence-electron chi connectivity index (χ1n) is 8.58. The third kappa shape index (κ3) is 4.31. The zero-order chi connectivity index (χ0) is 19.4. The fraction of sp³-hybridized carbons (Fsp3) is 0.250. The zero-order valence-electron chi connectivity index (χ0n) is 15.1. The molecule has 0 fully saturated rings. The first-order chi connectivity index (χ1) is 12.9. The standard InChI is InChI=1S/C20H21NO4S2/c1-14(2)15-7-9-16(10-8-15)27(23,24)19(17-5-3-11-25-17)13-21-20(22)18-6-4-12-26-18/h3-12,14,19H,13H2,1-2H3,(H,21,22)/t19-/m1/s1. The third-order valence-corrected chi connectivity index (χ3v) is 7.25. The Morgan fingerprint density at radius 1 is 1.11 bits per heavy atom. The number of hydrogen-bond acceptors (Lipinski definition) is 5. The number of thiophene rings is 1. The van der Waals surface area contributed by atoms with Crippen LogP contribution in [0.2, 0.25) is 0 Å². The highest BCUT2D eigenvalue weighted by Crippen LogP contribution is 2.30. The molecule has 0 aliphatic heterocycles. The number of amides is 1. The average Bonchev–Trinajstić information content (AvgIpc) is 3.35. The Kier molecular flexibility index (Phi) is 5.82. The van der Waals surface area contributed by atoms with Crippen LogP contribution in [0.5, 0.6) is 0 Å². The minimum Gasteiger partial charge on any atom is -0.468 e. The Balaban J connectivity index is 1.87. The van der Waals surface area contributed by atoms with Gasteiger partial charge in [-0.1, -0.05) is 32.0 Å². The molecule has 0 aliphatic carbocycles. The Hall–Kier alpha value is -2.38. The van der Waals surface area contributed by atoms with E-state index >= 15 is 0 Å². The molecule has 0 bridgehead atoms. The Morgan fingerprint density at radius 3 is 2.41 bits per heavy atom. The maximum Gasteiger partial charge on any atom is 0.261 e. The van der Waals surface area contributed by atoms with Crippen LogP contribution in [0.15, 0.2) is 69.5 Å². The first-order valence-corrected chi connectivity index (χ1v) is 11.0. The molecule has 0 unspecified atom stereocenters. The van der Waals surface area contributed by atoms with Gasteiger partial charge in [-0.2, -0.15) is 0 Å². The van der Waals surface area contributed by atoms with Crippen LogP contribution in [0.25, 0.3) is 0 Å². The summed E-state index contributed by atoms with van der Waals surface area (Å²) in [6, 6.07) is 13.6. The van der Waals surface area contributed by atoms with E-state index in [-0.39, 0.29) is 17.3 Å². The molecule has 0 saturated carbocycles. The van der Waals surface area contributed by atoms with Crippen molar-refractivity contribution in [2.45, 2.75) is 29.9 Å². The predicted molar refractivity (Wildman–Crippen MR) is 106 cm³/mol. The molecule has 2 aromatic heterocycles. The Labute approximate surface area is 163 Å². The second-order valence-electron chi connectivity index (χ2n) is 6.46. The van der Waals surface area contributed by atoms with Gasteiger partial charge in [0.05, 0.1) is 16.0 Å². The van der Waals surface area contributed by atoms with Gasteiger partial charge in [-0.15, -0.1) is 11.3 Å². The highest BCUT2D eigenvalue weighted by atomic mass is 32.2. The number of nitrogens with one attached hydrogen (secondary N) is 1. The largest absolute Gasteiger partial charge is 0.468 e. The van der Waals surface area contributed by atoms with Crippen LogP contribution in [0, 0.1) is 0 Å². The van der Waals surface area contributed by atoms with Gasteiger partial charge in [0.2, 0.25) is 0 Å². The highest BCUT2D eigenvalue weighted by Gasteiger charge is 2.32. The van der Waals surface area contributed by atoms with E-state index in [2.05, 4.69) is 19.2 Å². The quantitative estimate of drug-likeness (QED) is 0.634. The lowest BCUT2D eigenvalue weighted by atomic mass is 10.0. The molecule has 0 radical (unpaired) electrons. The maximum atomic E-state index is 13.2. The predicted octanol–water partition coefficient (Wildman–Crippen LogP) is 4.41. The molecule has 0 aliphatic rings. The summed E-state index contributed by atoms with van der Waals surface area (Å²) in [5, 5.41) is 3.51. The molecule has 2 heterocycles. The first kappa shape index (κ1) is 19.4. The zero-order valence-corrected chi connectivity index (χ0v) is 16.7. The monoisotopic (exact) mass is 403 g/mol. The van der Waals surface area contributed by atoms with Gasteiger partial charge in [0.25, 0.3) is 5.91 Å². The second-order valence-corrected chi connectivity index (χ2v) is 9.54. The molecular weight excluding hydrogens is 382 g/mol. The van der Waals surface area contributed by atoms with Crippen molar-refractivity contribution in [3.63, 3.8) is 0 Å². The van der Waals surface area contributed by atoms with Gasteiger partial charge in [0, 0.05) is 6.54 Å². The maximum absolute atomic E-state index is 13.2. The van der Waals surface area contributed by atoms with E-state index in [1.54, 1.807) is 41.8 Å². The van der Waals surface area contributed by atoms with Crippen molar-refractivity contribution in [3.8, 4) is 0 Å². The van der Waals surface area contributed by atoms with Gasteiger partial charge in [-0.05, 0) is 47.2 Å². The summed E-state index contributed by atoms with van der Waals surface area (Å²) in [6.45, 7) is 4.03. The van der Waals surface area contributed by atoms with E-state index in [9.17, 15) is 13.2 Å². The SMILES string of the molecule is CC(C)c1ccc(S(=O)(=O)[C@H](CNC(=O)c2cccs2)c2ccco2)cc1. The molecule has 3 rings (SSSR count). The Morgan fingerprint density at radius 2 is 1.85 bits per heavy atom. The molecule has 1 amide bonds. The van der Waals surface area contributed by atoms with Crippen LogP contribution in [0.3, 0.4) is 0 Å². The molecule has 1 aromatic carbocycles. The third-order valence-electron chi connectivity index (χ3n) is 4.30. The van der Waals surface area contributed by atoms with Crippen molar-refractivity contribution in [1.82, 2.24) is 5.32 Å². The molecule has 1 N–H and O–H groups in total. The molecule has 0 spiro atoms. The summed E-state index contributed by atoms with van der Waals surface area (Å²) in [7, 11) is -3.74. The minimum absolute atomic E-state index is 0.0709. The van der Waals surface area contributed by atoms with E-state index in [4.69, 9.17) is 4.42 Å². The van der Waals surface area contributed by atoms with Crippen molar-refractivity contribution >= 4 is 27.1 Å². The normalized spacial score (nSPS) is 12.9. The molecular formula is C20H21NO4S2. The lowest BCUT2D eigenvalue weighted by molar-refractivity contribution is 0.0957. The van der Waals surface area contributed by atoms with Crippen molar-refractivity contribution < 1.29 is 17.6 Å². The Bertz CT molecular complexity index is 973. The second kappa shape index (κ2) is 8.10. The van der Waals surface area contributed by atoms with E-state index < -0.39 is 15.1 Å². The van der Waals surface area contributed by atoms with Crippen LogP contribution < -0.4 is 5.32 Å². The van der Waals surface area contributed by atoms with Crippen LogP contribution in [0.4, 0.5) is 0 Å². The number of hydrogen-bond donors (Lipinski definition) is 1. The highest BCUT2D eigenvalue weighted by molar-refractivity contribution is 7.91. The number of furan rings is 1. The van der Waals surface area contributed by atoms with Crippen molar-refractivity contribution in [2.24, 2.45) is 0 Å². The van der Waals surface area contributed by atoms with E-state index in [0.717, 1.165) is 5.56 Å². The summed E-state index contributed by atoms with van der Waals surface area (Å²) < 4.78 is 31.8. The molecule has 7 heteroatoms. The molecule has 3 aromatic rings. The summed E-state index contributed by atoms with van der Waals surface area (Å²) >= 11 is 1.30. The van der Waals surface area contributed by atoms with Gasteiger partial charge in [0.1, 0.15) is 11.0 Å². The molecule has 142 valence electrons. The number of rotatable bonds is 7. The van der Waals surface area contributed by atoms with Crippen molar-refractivity contribution in [3.05, 3.63) is 76.4 Å². The fourth-order valence-electron chi connectivity index (χ4n) is 2.72. The summed E-state index contributed by atoms with van der Waals surface area (Å²) in [6.07, 6.45) is 1.43. The number of sulfone groups is 1. The van der Waals surface area contributed by atoms with E-state index in [1.807, 2.05) is 12.1 Å². The summed E-state index contributed by atoms with van der Waals surface area (Å²) in [4.78, 5) is 13.0. The van der Waals surface area contributed by atoms with E-state index in [0.29, 0.717) is 16.6 Å². The van der Waals surface area contributed by atoms with E-state index in [1.165, 1.54) is 17.6 Å².